The number of nitrogens with one attached hydrogen (secondary N) is 1. The number of benzene rings is 3. The van der Waals surface area contributed by atoms with E-state index in [1.54, 1.807) is 24.3 Å². The van der Waals surface area contributed by atoms with E-state index in [1.165, 1.54) is 24.3 Å². The third kappa shape index (κ3) is 5.31. The van der Waals surface area contributed by atoms with E-state index in [9.17, 15) is 14.9 Å². The molecule has 7 heteroatoms. The van der Waals surface area contributed by atoms with Crippen molar-refractivity contribution in [2.75, 3.05) is 18.5 Å². The van der Waals surface area contributed by atoms with E-state index in [0.29, 0.717) is 30.2 Å². The van der Waals surface area contributed by atoms with Gasteiger partial charge in [-0.3, -0.25) is 14.9 Å². The molecule has 0 fully saturated rings. The van der Waals surface area contributed by atoms with E-state index >= 15 is 0 Å². The molecule has 0 spiro atoms. The summed E-state index contributed by atoms with van der Waals surface area (Å²) in [6.07, 6.45) is 0. The standard InChI is InChI=1S/C21H18N2O5/c24-21(22-17-9-11-18(12-10-17)23(25)26)16-5-4-8-20(15-16)28-14-13-27-19-6-2-1-3-7-19/h1-12,15H,13-14H2,(H,22,24). The number of ether oxygens (including phenoxy) is 2. The van der Waals surface area contributed by atoms with E-state index in [2.05, 4.69) is 5.32 Å². The predicted molar refractivity (Wildman–Crippen MR) is 105 cm³/mol. The summed E-state index contributed by atoms with van der Waals surface area (Å²) >= 11 is 0. The van der Waals surface area contributed by atoms with Crippen molar-refractivity contribution in [3.63, 3.8) is 0 Å². The molecule has 0 saturated carbocycles. The number of hydrogen-bond donors (Lipinski definition) is 1. The topological polar surface area (TPSA) is 90.7 Å². The second-order valence-electron chi connectivity index (χ2n) is 5.80. The third-order valence-corrected chi connectivity index (χ3v) is 3.80. The normalized spacial score (nSPS) is 10.1. The minimum Gasteiger partial charge on any atom is -0.490 e. The molecule has 0 aromatic heterocycles. The highest BCUT2D eigenvalue weighted by molar-refractivity contribution is 6.04. The summed E-state index contributed by atoms with van der Waals surface area (Å²) in [6.45, 7) is 0.714. The number of anilines is 1. The van der Waals surface area contributed by atoms with Gasteiger partial charge in [0.15, 0.2) is 0 Å². The molecular formula is C21H18N2O5. The van der Waals surface area contributed by atoms with E-state index in [0.717, 1.165) is 5.75 Å². The van der Waals surface area contributed by atoms with Crippen LogP contribution in [0.3, 0.4) is 0 Å². The first-order valence-corrected chi connectivity index (χ1v) is 8.58. The molecule has 0 aliphatic rings. The van der Waals surface area contributed by atoms with E-state index in [1.807, 2.05) is 30.3 Å². The fraction of sp³-hybridized carbons (Fsp3) is 0.0952. The lowest BCUT2D eigenvalue weighted by Crippen LogP contribution is -2.13. The highest BCUT2D eigenvalue weighted by Gasteiger charge is 2.09. The molecule has 1 amide bonds. The molecule has 1 N–H and O–H groups in total. The van der Waals surface area contributed by atoms with Gasteiger partial charge < -0.3 is 14.8 Å². The summed E-state index contributed by atoms with van der Waals surface area (Å²) < 4.78 is 11.2. The third-order valence-electron chi connectivity index (χ3n) is 3.80. The van der Waals surface area contributed by atoms with Crippen LogP contribution >= 0.6 is 0 Å². The van der Waals surface area contributed by atoms with Crippen LogP contribution in [-0.4, -0.2) is 24.0 Å². The van der Waals surface area contributed by atoms with Gasteiger partial charge in [-0.05, 0) is 42.5 Å². The maximum atomic E-state index is 12.4. The van der Waals surface area contributed by atoms with Gasteiger partial charge in [0.1, 0.15) is 24.7 Å². The summed E-state index contributed by atoms with van der Waals surface area (Å²) in [7, 11) is 0. The predicted octanol–water partition coefficient (Wildman–Crippen LogP) is 4.30. The second kappa shape index (κ2) is 9.18. The zero-order valence-corrected chi connectivity index (χ0v) is 14.9. The van der Waals surface area contributed by atoms with Crippen molar-refractivity contribution in [3.8, 4) is 11.5 Å². The largest absolute Gasteiger partial charge is 0.490 e. The maximum Gasteiger partial charge on any atom is 0.269 e. The van der Waals surface area contributed by atoms with Gasteiger partial charge in [0.05, 0.1) is 4.92 Å². The summed E-state index contributed by atoms with van der Waals surface area (Å²) in [5, 5.41) is 13.4. The Balaban J connectivity index is 1.53. The Kier molecular flexibility index (Phi) is 6.20. The Hall–Kier alpha value is -3.87. The number of rotatable bonds is 8. The highest BCUT2D eigenvalue weighted by atomic mass is 16.6. The van der Waals surface area contributed by atoms with E-state index in [4.69, 9.17) is 9.47 Å². The number of para-hydroxylation sites is 1. The molecular weight excluding hydrogens is 360 g/mol. The smallest absolute Gasteiger partial charge is 0.269 e. The van der Waals surface area contributed by atoms with Gasteiger partial charge in [0.2, 0.25) is 0 Å². The van der Waals surface area contributed by atoms with Gasteiger partial charge in [-0.25, -0.2) is 0 Å². The molecule has 0 aliphatic carbocycles. The van der Waals surface area contributed by atoms with Gasteiger partial charge in [0.25, 0.3) is 11.6 Å². The lowest BCUT2D eigenvalue weighted by molar-refractivity contribution is -0.384. The Bertz CT molecular complexity index is 943. The highest BCUT2D eigenvalue weighted by Crippen LogP contribution is 2.18. The van der Waals surface area contributed by atoms with Crippen molar-refractivity contribution in [1.29, 1.82) is 0 Å². The quantitative estimate of drug-likeness (QED) is 0.358. The average Bonchev–Trinajstić information content (AvgIpc) is 2.72. The molecule has 0 aliphatic heterocycles. The first kappa shape index (κ1) is 18.9. The Morgan fingerprint density at radius 3 is 2.18 bits per heavy atom. The zero-order chi connectivity index (χ0) is 19.8. The van der Waals surface area contributed by atoms with Crippen molar-refractivity contribution in [2.24, 2.45) is 0 Å². The average molecular weight is 378 g/mol. The number of carbonyl (C=O) groups excluding carboxylic acids is 1. The molecule has 3 rings (SSSR count). The van der Waals surface area contributed by atoms with Gasteiger partial charge in [0, 0.05) is 23.4 Å². The van der Waals surface area contributed by atoms with Crippen LogP contribution < -0.4 is 14.8 Å². The molecule has 0 atom stereocenters. The summed E-state index contributed by atoms with van der Waals surface area (Å²) in [6, 6.07) is 21.8. The number of nitrogens with zero attached hydrogens (tertiary/aromatic N) is 1. The monoisotopic (exact) mass is 378 g/mol. The molecule has 142 valence electrons. The number of nitro benzene ring substituents is 1. The van der Waals surface area contributed by atoms with Crippen LogP contribution in [0.4, 0.5) is 11.4 Å². The van der Waals surface area contributed by atoms with Crippen LogP contribution in [0, 0.1) is 10.1 Å². The molecule has 0 radical (unpaired) electrons. The fourth-order valence-corrected chi connectivity index (χ4v) is 2.43. The van der Waals surface area contributed by atoms with Crippen molar-refractivity contribution < 1.29 is 19.2 Å². The number of nitro groups is 1. The van der Waals surface area contributed by atoms with E-state index in [-0.39, 0.29) is 11.6 Å². The SMILES string of the molecule is O=C(Nc1ccc([N+](=O)[O-])cc1)c1cccc(OCCOc2ccccc2)c1. The lowest BCUT2D eigenvalue weighted by atomic mass is 10.2. The molecule has 0 saturated heterocycles. The Labute approximate surface area is 161 Å². The summed E-state index contributed by atoms with van der Waals surface area (Å²) in [4.78, 5) is 22.6. The molecule has 7 nitrogen and oxygen atoms in total. The van der Waals surface area contributed by atoms with E-state index < -0.39 is 4.92 Å². The number of hydrogen-bond acceptors (Lipinski definition) is 5. The number of carbonyl (C=O) groups is 1. The first-order chi connectivity index (χ1) is 13.6. The second-order valence-corrected chi connectivity index (χ2v) is 5.80. The Morgan fingerprint density at radius 2 is 1.50 bits per heavy atom. The van der Waals surface area contributed by atoms with Crippen molar-refractivity contribution in [1.82, 2.24) is 0 Å². The molecule has 28 heavy (non-hydrogen) atoms. The summed E-state index contributed by atoms with van der Waals surface area (Å²) in [5.41, 5.74) is 0.851. The summed E-state index contributed by atoms with van der Waals surface area (Å²) in [5.74, 6) is 0.982. The minimum atomic E-state index is -0.492. The molecule has 0 unspecified atom stereocenters. The van der Waals surface area contributed by atoms with Crippen molar-refractivity contribution in [2.45, 2.75) is 0 Å². The van der Waals surface area contributed by atoms with Crippen LogP contribution in [0.2, 0.25) is 0 Å². The van der Waals surface area contributed by atoms with Gasteiger partial charge in [-0.15, -0.1) is 0 Å². The van der Waals surface area contributed by atoms with Gasteiger partial charge >= 0.3 is 0 Å². The van der Waals surface area contributed by atoms with Crippen LogP contribution in [-0.2, 0) is 0 Å². The van der Waals surface area contributed by atoms with Crippen molar-refractivity contribution in [3.05, 3.63) is 94.5 Å². The van der Waals surface area contributed by atoms with Crippen LogP contribution in [0.5, 0.6) is 11.5 Å². The first-order valence-electron chi connectivity index (χ1n) is 8.58. The van der Waals surface area contributed by atoms with Gasteiger partial charge in [-0.2, -0.15) is 0 Å². The van der Waals surface area contributed by atoms with Gasteiger partial charge in [-0.1, -0.05) is 24.3 Å². The lowest BCUT2D eigenvalue weighted by Gasteiger charge is -2.10. The molecule has 3 aromatic carbocycles. The molecule has 0 bridgehead atoms. The maximum absolute atomic E-state index is 12.4. The van der Waals surface area contributed by atoms with Crippen LogP contribution in [0.1, 0.15) is 10.4 Å². The van der Waals surface area contributed by atoms with Crippen LogP contribution in [0.15, 0.2) is 78.9 Å². The minimum absolute atomic E-state index is 0.0360. The number of non-ortho nitro benzene ring substituents is 1. The Morgan fingerprint density at radius 1 is 0.857 bits per heavy atom. The fourth-order valence-electron chi connectivity index (χ4n) is 2.43. The number of amides is 1. The zero-order valence-electron chi connectivity index (χ0n) is 14.9. The van der Waals surface area contributed by atoms with Crippen LogP contribution in [0.25, 0.3) is 0 Å². The molecule has 3 aromatic rings. The van der Waals surface area contributed by atoms with Crippen molar-refractivity contribution >= 4 is 17.3 Å². The molecule has 0 heterocycles.